The summed E-state index contributed by atoms with van der Waals surface area (Å²) in [5.74, 6) is 6.57. The fourth-order valence-electron chi connectivity index (χ4n) is 1.39. The quantitative estimate of drug-likeness (QED) is 0.325. The summed E-state index contributed by atoms with van der Waals surface area (Å²) in [6.45, 7) is 9.10. The Labute approximate surface area is 103 Å². The van der Waals surface area contributed by atoms with Crippen LogP contribution in [0.5, 0.6) is 0 Å². The lowest BCUT2D eigenvalue weighted by atomic mass is 10.1. The van der Waals surface area contributed by atoms with Gasteiger partial charge in [0.05, 0.1) is 0 Å². The van der Waals surface area contributed by atoms with E-state index in [1.54, 1.807) is 0 Å². The second kappa shape index (κ2) is 6.25. The molecular weight excluding hydrogens is 212 g/mol. The van der Waals surface area contributed by atoms with E-state index in [0.29, 0.717) is 11.9 Å². The highest BCUT2D eigenvalue weighted by Gasteiger charge is 2.02. The van der Waals surface area contributed by atoms with Gasteiger partial charge in [-0.1, -0.05) is 26.0 Å². The third-order valence-corrected chi connectivity index (χ3v) is 2.40. The molecule has 0 atom stereocenters. The number of hydrazine groups is 1. The van der Waals surface area contributed by atoms with E-state index in [1.165, 1.54) is 11.1 Å². The second-order valence-electron chi connectivity index (χ2n) is 4.67. The van der Waals surface area contributed by atoms with Crippen LogP contribution in [-0.2, 0) is 0 Å². The Morgan fingerprint density at radius 2 is 2.06 bits per heavy atom. The first-order valence-corrected chi connectivity index (χ1v) is 5.88. The van der Waals surface area contributed by atoms with E-state index < -0.39 is 0 Å². The van der Waals surface area contributed by atoms with Crippen molar-refractivity contribution in [3.63, 3.8) is 0 Å². The van der Waals surface area contributed by atoms with Crippen molar-refractivity contribution in [1.82, 2.24) is 5.43 Å². The molecule has 0 saturated carbocycles. The molecule has 0 bridgehead atoms. The molecule has 1 aromatic carbocycles. The van der Waals surface area contributed by atoms with Gasteiger partial charge in [0.2, 0.25) is 5.96 Å². The lowest BCUT2D eigenvalue weighted by Crippen LogP contribution is -2.36. The van der Waals surface area contributed by atoms with Crippen molar-refractivity contribution in [2.24, 2.45) is 16.8 Å². The van der Waals surface area contributed by atoms with Crippen LogP contribution in [0.15, 0.2) is 23.2 Å². The van der Waals surface area contributed by atoms with Gasteiger partial charge in [-0.15, -0.1) is 0 Å². The molecule has 17 heavy (non-hydrogen) atoms. The molecule has 0 aliphatic carbocycles. The first-order chi connectivity index (χ1) is 8.02. The molecule has 0 fully saturated rings. The lowest BCUT2D eigenvalue weighted by molar-refractivity contribution is 0.663. The number of aryl methyl sites for hydroxylation is 2. The molecular formula is C13H22N4. The minimum Gasteiger partial charge on any atom is -0.325 e. The zero-order valence-corrected chi connectivity index (χ0v) is 11.0. The Bertz CT molecular complexity index is 396. The zero-order valence-electron chi connectivity index (χ0n) is 11.0. The highest BCUT2D eigenvalue weighted by molar-refractivity contribution is 5.93. The molecule has 0 saturated heterocycles. The number of hydrogen-bond acceptors (Lipinski definition) is 2. The Morgan fingerprint density at radius 3 is 2.65 bits per heavy atom. The molecule has 4 nitrogen and oxygen atoms in total. The van der Waals surface area contributed by atoms with Crippen LogP contribution in [0, 0.1) is 19.8 Å². The van der Waals surface area contributed by atoms with Crippen LogP contribution in [0.2, 0.25) is 0 Å². The summed E-state index contributed by atoms with van der Waals surface area (Å²) in [5.41, 5.74) is 6.00. The molecule has 1 aromatic rings. The third kappa shape index (κ3) is 4.44. The molecule has 94 valence electrons. The van der Waals surface area contributed by atoms with E-state index in [9.17, 15) is 0 Å². The Hall–Kier alpha value is -1.55. The van der Waals surface area contributed by atoms with Crippen LogP contribution < -0.4 is 16.6 Å². The van der Waals surface area contributed by atoms with E-state index in [4.69, 9.17) is 5.84 Å². The number of nitrogens with zero attached hydrogens (tertiary/aromatic N) is 1. The fourth-order valence-corrected chi connectivity index (χ4v) is 1.39. The number of nitrogens with one attached hydrogen (secondary N) is 2. The number of anilines is 1. The molecule has 0 radical (unpaired) electrons. The summed E-state index contributed by atoms with van der Waals surface area (Å²) in [4.78, 5) is 4.38. The van der Waals surface area contributed by atoms with Crippen molar-refractivity contribution in [3.05, 3.63) is 29.3 Å². The number of guanidine groups is 1. The molecule has 0 aliphatic rings. The number of aliphatic imine (C=N–C) groups is 1. The number of hydrogen-bond donors (Lipinski definition) is 3. The minimum atomic E-state index is 0.513. The summed E-state index contributed by atoms with van der Waals surface area (Å²) >= 11 is 0. The van der Waals surface area contributed by atoms with Crippen LogP contribution in [0.1, 0.15) is 25.0 Å². The number of rotatable bonds is 3. The second-order valence-corrected chi connectivity index (χ2v) is 4.67. The molecule has 1 rings (SSSR count). The number of benzene rings is 1. The highest BCUT2D eigenvalue weighted by atomic mass is 15.3. The first-order valence-electron chi connectivity index (χ1n) is 5.88. The van der Waals surface area contributed by atoms with Gasteiger partial charge >= 0.3 is 0 Å². The molecule has 0 amide bonds. The topological polar surface area (TPSA) is 62.4 Å². The smallest absolute Gasteiger partial charge is 0.210 e. The predicted octanol–water partition coefficient (Wildman–Crippen LogP) is 2.19. The van der Waals surface area contributed by atoms with Gasteiger partial charge in [-0.25, -0.2) is 5.84 Å². The molecule has 4 heteroatoms. The van der Waals surface area contributed by atoms with E-state index in [2.05, 4.69) is 61.6 Å². The van der Waals surface area contributed by atoms with Crippen LogP contribution in [-0.4, -0.2) is 12.5 Å². The van der Waals surface area contributed by atoms with Crippen LogP contribution in [0.4, 0.5) is 5.69 Å². The van der Waals surface area contributed by atoms with Crippen LogP contribution in [0.3, 0.4) is 0 Å². The highest BCUT2D eigenvalue weighted by Crippen LogP contribution is 2.15. The van der Waals surface area contributed by atoms with E-state index in [-0.39, 0.29) is 0 Å². The summed E-state index contributed by atoms with van der Waals surface area (Å²) < 4.78 is 0. The average molecular weight is 234 g/mol. The maximum Gasteiger partial charge on any atom is 0.210 e. The number of nitrogens with two attached hydrogens (primary N) is 1. The Balaban J connectivity index is 2.80. The minimum absolute atomic E-state index is 0.513. The molecule has 0 unspecified atom stereocenters. The zero-order chi connectivity index (χ0) is 12.8. The van der Waals surface area contributed by atoms with Crippen LogP contribution in [0.25, 0.3) is 0 Å². The standard InChI is InChI=1S/C13H22N4/c1-9(2)8-15-13(17-14)16-12-7-10(3)5-6-11(12)4/h5-7,9H,8,14H2,1-4H3,(H2,15,16,17). The van der Waals surface area contributed by atoms with Gasteiger partial charge < -0.3 is 5.32 Å². The van der Waals surface area contributed by atoms with Crippen molar-refractivity contribution in [1.29, 1.82) is 0 Å². The van der Waals surface area contributed by atoms with Gasteiger partial charge in [-0.3, -0.25) is 10.4 Å². The van der Waals surface area contributed by atoms with Gasteiger partial charge in [0, 0.05) is 12.2 Å². The molecule has 4 N–H and O–H groups in total. The van der Waals surface area contributed by atoms with Crippen LogP contribution >= 0.6 is 0 Å². The van der Waals surface area contributed by atoms with Gasteiger partial charge in [0.25, 0.3) is 0 Å². The van der Waals surface area contributed by atoms with Crippen molar-refractivity contribution in [2.45, 2.75) is 27.7 Å². The summed E-state index contributed by atoms with van der Waals surface area (Å²) in [6.07, 6.45) is 0. The largest absolute Gasteiger partial charge is 0.325 e. The Kier molecular flexibility index (Phi) is 4.97. The van der Waals surface area contributed by atoms with Gasteiger partial charge in [0.1, 0.15) is 0 Å². The van der Waals surface area contributed by atoms with E-state index in [0.717, 1.165) is 12.2 Å². The fraction of sp³-hybridized carbons (Fsp3) is 0.462. The van der Waals surface area contributed by atoms with Gasteiger partial charge in [-0.05, 0) is 37.0 Å². The van der Waals surface area contributed by atoms with Gasteiger partial charge in [0.15, 0.2) is 0 Å². The van der Waals surface area contributed by atoms with Crippen molar-refractivity contribution >= 4 is 11.6 Å². The van der Waals surface area contributed by atoms with E-state index in [1.807, 2.05) is 0 Å². The maximum atomic E-state index is 5.45. The Morgan fingerprint density at radius 1 is 1.35 bits per heavy atom. The first kappa shape index (κ1) is 13.5. The molecule has 0 spiro atoms. The molecule has 0 aromatic heterocycles. The summed E-state index contributed by atoms with van der Waals surface area (Å²) in [6, 6.07) is 6.24. The SMILES string of the molecule is Cc1ccc(C)c(NC(=NCC(C)C)NN)c1. The third-order valence-electron chi connectivity index (χ3n) is 2.40. The van der Waals surface area contributed by atoms with Gasteiger partial charge in [-0.2, -0.15) is 0 Å². The molecule has 0 heterocycles. The van der Waals surface area contributed by atoms with Crippen molar-refractivity contribution in [3.8, 4) is 0 Å². The van der Waals surface area contributed by atoms with Crippen molar-refractivity contribution < 1.29 is 0 Å². The molecule has 0 aliphatic heterocycles. The maximum absolute atomic E-state index is 5.45. The summed E-state index contributed by atoms with van der Waals surface area (Å²) in [5, 5.41) is 3.21. The summed E-state index contributed by atoms with van der Waals surface area (Å²) in [7, 11) is 0. The monoisotopic (exact) mass is 234 g/mol. The van der Waals surface area contributed by atoms with E-state index >= 15 is 0 Å². The van der Waals surface area contributed by atoms with Crippen molar-refractivity contribution in [2.75, 3.05) is 11.9 Å². The predicted molar refractivity (Wildman–Crippen MR) is 74.0 cm³/mol. The average Bonchev–Trinajstić information content (AvgIpc) is 2.28. The lowest BCUT2D eigenvalue weighted by Gasteiger charge is -2.12. The normalized spacial score (nSPS) is 11.8.